The minimum absolute atomic E-state index is 0.0639. The van der Waals surface area contributed by atoms with Gasteiger partial charge in [0, 0.05) is 5.02 Å². The number of halogens is 2. The lowest BCUT2D eigenvalue weighted by Crippen LogP contribution is -2.35. The summed E-state index contributed by atoms with van der Waals surface area (Å²) in [6, 6.07) is 9.97. The summed E-state index contributed by atoms with van der Waals surface area (Å²) in [5, 5.41) is 0.0639. The largest absolute Gasteiger partial charge is 0.468 e. The molecule has 0 bridgehead atoms. The molecule has 0 saturated carbocycles. The van der Waals surface area contributed by atoms with Gasteiger partial charge < -0.3 is 4.74 Å². The first kappa shape index (κ1) is 17.4. The first-order valence-electron chi connectivity index (χ1n) is 6.45. The summed E-state index contributed by atoms with van der Waals surface area (Å²) in [4.78, 5) is 11.3. The summed E-state index contributed by atoms with van der Waals surface area (Å²) < 4.78 is 45.4. The highest BCUT2D eigenvalue weighted by molar-refractivity contribution is 7.89. The molecule has 1 unspecified atom stereocenters. The Hall–Kier alpha value is -1.96. The normalized spacial score (nSPS) is 12.7. The van der Waals surface area contributed by atoms with Crippen molar-refractivity contribution in [2.75, 3.05) is 7.11 Å². The third kappa shape index (κ3) is 4.07. The molecule has 2 rings (SSSR count). The summed E-state index contributed by atoms with van der Waals surface area (Å²) in [6.07, 6.45) is 0. The number of carbonyl (C=O) groups is 1. The first-order valence-corrected chi connectivity index (χ1v) is 8.31. The van der Waals surface area contributed by atoms with Crippen molar-refractivity contribution in [3.63, 3.8) is 0 Å². The number of carbonyl (C=O) groups excluding carboxylic acids is 1. The Bertz CT molecular complexity index is 811. The molecular formula is C15H13ClFNO4S. The SMILES string of the molecule is COC(=O)C(NS(=O)(=O)c1ccc(Cl)cc1F)c1ccccc1. The van der Waals surface area contributed by atoms with Crippen LogP contribution >= 0.6 is 11.6 Å². The fourth-order valence-corrected chi connectivity index (χ4v) is 3.32. The molecular weight excluding hydrogens is 345 g/mol. The Morgan fingerprint density at radius 1 is 1.22 bits per heavy atom. The van der Waals surface area contributed by atoms with Crippen LogP contribution in [-0.2, 0) is 19.6 Å². The van der Waals surface area contributed by atoms with Gasteiger partial charge in [0.25, 0.3) is 0 Å². The Morgan fingerprint density at radius 2 is 1.87 bits per heavy atom. The number of benzene rings is 2. The van der Waals surface area contributed by atoms with E-state index in [9.17, 15) is 17.6 Å². The van der Waals surface area contributed by atoms with Crippen LogP contribution in [0.4, 0.5) is 4.39 Å². The van der Waals surface area contributed by atoms with E-state index >= 15 is 0 Å². The predicted octanol–water partition coefficient (Wildman–Crippen LogP) is 2.67. The first-order chi connectivity index (χ1) is 10.8. The number of esters is 1. The van der Waals surface area contributed by atoms with Crippen molar-refractivity contribution in [2.24, 2.45) is 0 Å². The van der Waals surface area contributed by atoms with E-state index < -0.39 is 32.7 Å². The molecule has 23 heavy (non-hydrogen) atoms. The summed E-state index contributed by atoms with van der Waals surface area (Å²) >= 11 is 5.61. The molecule has 0 aliphatic rings. The van der Waals surface area contributed by atoms with Crippen LogP contribution in [0.5, 0.6) is 0 Å². The van der Waals surface area contributed by atoms with Crippen LogP contribution in [0, 0.1) is 5.82 Å². The van der Waals surface area contributed by atoms with Crippen molar-refractivity contribution in [1.82, 2.24) is 4.72 Å². The predicted molar refractivity (Wildman–Crippen MR) is 82.9 cm³/mol. The van der Waals surface area contributed by atoms with Crippen molar-refractivity contribution in [2.45, 2.75) is 10.9 Å². The highest BCUT2D eigenvalue weighted by Gasteiger charge is 2.29. The molecule has 0 aliphatic carbocycles. The highest BCUT2D eigenvalue weighted by atomic mass is 35.5. The van der Waals surface area contributed by atoms with Gasteiger partial charge in [-0.25, -0.2) is 17.6 Å². The highest BCUT2D eigenvalue weighted by Crippen LogP contribution is 2.22. The maximum Gasteiger partial charge on any atom is 0.328 e. The van der Waals surface area contributed by atoms with Crippen LogP contribution < -0.4 is 4.72 Å². The van der Waals surface area contributed by atoms with Crippen LogP contribution in [0.25, 0.3) is 0 Å². The van der Waals surface area contributed by atoms with E-state index in [0.717, 1.165) is 19.2 Å². The van der Waals surface area contributed by atoms with Crippen molar-refractivity contribution >= 4 is 27.6 Å². The van der Waals surface area contributed by atoms with Crippen LogP contribution in [0.15, 0.2) is 53.4 Å². The number of nitrogens with one attached hydrogen (secondary N) is 1. The van der Waals surface area contributed by atoms with Gasteiger partial charge in [-0.3, -0.25) is 0 Å². The van der Waals surface area contributed by atoms with Gasteiger partial charge in [-0.05, 0) is 23.8 Å². The number of hydrogen-bond acceptors (Lipinski definition) is 4. The minimum atomic E-state index is -4.29. The summed E-state index contributed by atoms with van der Waals surface area (Å²) in [5.41, 5.74) is 0.372. The molecule has 0 aromatic heterocycles. The van der Waals surface area contributed by atoms with Crippen molar-refractivity contribution in [1.29, 1.82) is 0 Å². The number of rotatable bonds is 5. The van der Waals surface area contributed by atoms with Crippen LogP contribution in [0.2, 0.25) is 5.02 Å². The molecule has 122 valence electrons. The lowest BCUT2D eigenvalue weighted by molar-refractivity contribution is -0.142. The Labute approximate surface area is 138 Å². The van der Waals surface area contributed by atoms with Crippen LogP contribution in [0.1, 0.15) is 11.6 Å². The van der Waals surface area contributed by atoms with E-state index in [-0.39, 0.29) is 5.02 Å². The molecule has 0 saturated heterocycles. The van der Waals surface area contributed by atoms with Crippen molar-refractivity contribution < 1.29 is 22.3 Å². The number of methoxy groups -OCH3 is 1. The quantitative estimate of drug-likeness (QED) is 0.835. The van der Waals surface area contributed by atoms with Crippen LogP contribution in [0.3, 0.4) is 0 Å². The van der Waals surface area contributed by atoms with Gasteiger partial charge in [0.15, 0.2) is 0 Å². The molecule has 8 heteroatoms. The molecule has 0 spiro atoms. The van der Waals surface area contributed by atoms with E-state index in [4.69, 9.17) is 11.6 Å². The molecule has 2 aromatic carbocycles. The summed E-state index contributed by atoms with van der Waals surface area (Å²) in [6.45, 7) is 0. The van der Waals surface area contributed by atoms with Gasteiger partial charge in [0.2, 0.25) is 10.0 Å². The molecule has 2 aromatic rings. The Morgan fingerprint density at radius 3 is 2.43 bits per heavy atom. The summed E-state index contributed by atoms with van der Waals surface area (Å²) in [7, 11) is -3.16. The number of hydrogen-bond donors (Lipinski definition) is 1. The second kappa shape index (κ2) is 7.08. The van der Waals surface area contributed by atoms with Gasteiger partial charge in [-0.1, -0.05) is 41.9 Å². The second-order valence-corrected chi connectivity index (χ2v) is 6.68. The molecule has 0 aliphatic heterocycles. The third-order valence-electron chi connectivity index (χ3n) is 3.03. The van der Waals surface area contributed by atoms with Crippen molar-refractivity contribution in [3.8, 4) is 0 Å². The molecule has 0 fully saturated rings. The fourth-order valence-electron chi connectivity index (χ4n) is 1.93. The monoisotopic (exact) mass is 357 g/mol. The molecule has 1 atom stereocenters. The topological polar surface area (TPSA) is 72.5 Å². The van der Waals surface area contributed by atoms with E-state index in [1.807, 2.05) is 0 Å². The van der Waals surface area contributed by atoms with Gasteiger partial charge >= 0.3 is 5.97 Å². The molecule has 0 radical (unpaired) electrons. The molecule has 0 heterocycles. The molecule has 1 N–H and O–H groups in total. The standard InChI is InChI=1S/C15H13ClFNO4S/c1-22-15(19)14(10-5-3-2-4-6-10)18-23(20,21)13-8-7-11(16)9-12(13)17/h2-9,14,18H,1H3. The van der Waals surface area contributed by atoms with Crippen LogP contribution in [-0.4, -0.2) is 21.5 Å². The average molecular weight is 358 g/mol. The van der Waals surface area contributed by atoms with E-state index in [1.54, 1.807) is 30.3 Å². The zero-order chi connectivity index (χ0) is 17.0. The fraction of sp³-hybridized carbons (Fsp3) is 0.133. The Kier molecular flexibility index (Phi) is 5.35. The van der Waals surface area contributed by atoms with E-state index in [0.29, 0.717) is 5.56 Å². The zero-order valence-corrected chi connectivity index (χ0v) is 13.6. The third-order valence-corrected chi connectivity index (χ3v) is 4.72. The molecule has 5 nitrogen and oxygen atoms in total. The average Bonchev–Trinajstić information content (AvgIpc) is 2.52. The Balaban J connectivity index is 2.40. The number of sulfonamides is 1. The maximum atomic E-state index is 13.9. The van der Waals surface area contributed by atoms with Gasteiger partial charge in [-0.15, -0.1) is 0 Å². The van der Waals surface area contributed by atoms with Gasteiger partial charge in [0.1, 0.15) is 16.8 Å². The second-order valence-electron chi connectivity index (χ2n) is 4.56. The molecule has 0 amide bonds. The minimum Gasteiger partial charge on any atom is -0.468 e. The number of ether oxygens (including phenoxy) is 1. The van der Waals surface area contributed by atoms with Gasteiger partial charge in [-0.2, -0.15) is 4.72 Å². The lowest BCUT2D eigenvalue weighted by Gasteiger charge is -2.17. The lowest BCUT2D eigenvalue weighted by atomic mass is 10.1. The summed E-state index contributed by atoms with van der Waals surface area (Å²) in [5.74, 6) is -1.82. The van der Waals surface area contributed by atoms with E-state index in [1.165, 1.54) is 6.07 Å². The zero-order valence-electron chi connectivity index (χ0n) is 12.0. The maximum absolute atomic E-state index is 13.9. The smallest absolute Gasteiger partial charge is 0.328 e. The van der Waals surface area contributed by atoms with E-state index in [2.05, 4.69) is 9.46 Å². The van der Waals surface area contributed by atoms with Gasteiger partial charge in [0.05, 0.1) is 7.11 Å². The van der Waals surface area contributed by atoms with Crippen molar-refractivity contribution in [3.05, 3.63) is 64.9 Å².